The predicted molar refractivity (Wildman–Crippen MR) is 74.5 cm³/mol. The van der Waals surface area contributed by atoms with Crippen molar-refractivity contribution >= 4 is 45.3 Å². The summed E-state index contributed by atoms with van der Waals surface area (Å²) in [5.41, 5.74) is 0.139. The SMILES string of the molecule is O=C(O)c1ccc(Cl)nc1Sc1ccccc1Br. The minimum absolute atomic E-state index is 0.139. The Morgan fingerprint density at radius 1 is 1.28 bits per heavy atom. The Labute approximate surface area is 121 Å². The van der Waals surface area contributed by atoms with E-state index in [4.69, 9.17) is 16.7 Å². The molecule has 2 aromatic rings. The summed E-state index contributed by atoms with van der Waals surface area (Å²) in [6.07, 6.45) is 0. The molecule has 0 aliphatic carbocycles. The molecule has 3 nitrogen and oxygen atoms in total. The molecule has 92 valence electrons. The van der Waals surface area contributed by atoms with E-state index in [2.05, 4.69) is 20.9 Å². The lowest BCUT2D eigenvalue weighted by Crippen LogP contribution is -2.00. The summed E-state index contributed by atoms with van der Waals surface area (Å²) in [6.45, 7) is 0. The quantitative estimate of drug-likeness (QED) is 0.841. The minimum Gasteiger partial charge on any atom is -0.478 e. The van der Waals surface area contributed by atoms with Crippen LogP contribution in [-0.4, -0.2) is 16.1 Å². The lowest BCUT2D eigenvalue weighted by atomic mass is 10.3. The Hall–Kier alpha value is -1.04. The Balaban J connectivity index is 2.42. The Morgan fingerprint density at radius 3 is 2.67 bits per heavy atom. The monoisotopic (exact) mass is 343 g/mol. The Morgan fingerprint density at radius 2 is 2.00 bits per heavy atom. The first-order valence-electron chi connectivity index (χ1n) is 4.90. The number of aromatic carboxylic acids is 1. The standard InChI is InChI=1S/C12H7BrClNO2S/c13-8-3-1-2-4-9(8)18-11-7(12(16)17)5-6-10(14)15-11/h1-6H,(H,16,17). The predicted octanol–water partition coefficient (Wildman–Crippen LogP) is 4.35. The van der Waals surface area contributed by atoms with Crippen LogP contribution in [0.4, 0.5) is 0 Å². The van der Waals surface area contributed by atoms with Crippen LogP contribution < -0.4 is 0 Å². The molecule has 1 N–H and O–H groups in total. The summed E-state index contributed by atoms with van der Waals surface area (Å²) < 4.78 is 0.883. The van der Waals surface area contributed by atoms with E-state index in [0.717, 1.165) is 9.37 Å². The highest BCUT2D eigenvalue weighted by Crippen LogP contribution is 2.34. The second-order valence-electron chi connectivity index (χ2n) is 3.32. The van der Waals surface area contributed by atoms with Crippen LogP contribution in [0.2, 0.25) is 5.15 Å². The number of carboxylic acid groups (broad SMARTS) is 1. The van der Waals surface area contributed by atoms with Gasteiger partial charge in [0.2, 0.25) is 0 Å². The van der Waals surface area contributed by atoms with E-state index in [1.54, 1.807) is 0 Å². The summed E-state index contributed by atoms with van der Waals surface area (Å²) in [5, 5.41) is 9.75. The van der Waals surface area contributed by atoms with Crippen molar-refractivity contribution in [3.05, 3.63) is 51.6 Å². The molecule has 2 rings (SSSR count). The summed E-state index contributed by atoms with van der Waals surface area (Å²) in [7, 11) is 0. The lowest BCUT2D eigenvalue weighted by Gasteiger charge is -2.06. The van der Waals surface area contributed by atoms with E-state index in [0.29, 0.717) is 5.03 Å². The maximum Gasteiger partial charge on any atom is 0.338 e. The number of carboxylic acids is 1. The largest absolute Gasteiger partial charge is 0.478 e. The van der Waals surface area contributed by atoms with E-state index in [-0.39, 0.29) is 10.7 Å². The maximum absolute atomic E-state index is 11.1. The summed E-state index contributed by atoms with van der Waals surface area (Å²) in [5.74, 6) is -1.02. The third kappa shape index (κ3) is 3.04. The Bertz CT molecular complexity index is 606. The molecule has 0 radical (unpaired) electrons. The number of carbonyl (C=O) groups is 1. The van der Waals surface area contributed by atoms with Gasteiger partial charge < -0.3 is 5.11 Å². The van der Waals surface area contributed by atoms with Crippen LogP contribution in [-0.2, 0) is 0 Å². The van der Waals surface area contributed by atoms with Crippen molar-refractivity contribution in [3.8, 4) is 0 Å². The van der Waals surface area contributed by atoms with Crippen molar-refractivity contribution in [3.63, 3.8) is 0 Å². The van der Waals surface area contributed by atoms with Gasteiger partial charge in [-0.3, -0.25) is 0 Å². The lowest BCUT2D eigenvalue weighted by molar-refractivity contribution is 0.0692. The number of rotatable bonds is 3. The van der Waals surface area contributed by atoms with E-state index in [9.17, 15) is 4.79 Å². The molecule has 0 saturated heterocycles. The number of hydrogen-bond donors (Lipinski definition) is 1. The average Bonchev–Trinajstić information content (AvgIpc) is 2.32. The van der Waals surface area contributed by atoms with Crippen LogP contribution in [0.25, 0.3) is 0 Å². The number of nitrogens with zero attached hydrogens (tertiary/aromatic N) is 1. The van der Waals surface area contributed by atoms with Crippen LogP contribution in [0.1, 0.15) is 10.4 Å². The second-order valence-corrected chi connectivity index (χ2v) is 5.60. The van der Waals surface area contributed by atoms with Crippen molar-refractivity contribution in [2.75, 3.05) is 0 Å². The fourth-order valence-electron chi connectivity index (χ4n) is 1.29. The van der Waals surface area contributed by atoms with E-state index >= 15 is 0 Å². The molecule has 0 unspecified atom stereocenters. The average molecular weight is 345 g/mol. The summed E-state index contributed by atoms with van der Waals surface area (Å²) >= 11 is 10.5. The summed E-state index contributed by atoms with van der Waals surface area (Å²) in [6, 6.07) is 10.4. The molecule has 1 aromatic heterocycles. The molecule has 0 bridgehead atoms. The topological polar surface area (TPSA) is 50.2 Å². The molecule has 0 fully saturated rings. The third-order valence-electron chi connectivity index (χ3n) is 2.10. The molecular formula is C12H7BrClNO2S. The van der Waals surface area contributed by atoms with Crippen LogP contribution >= 0.6 is 39.3 Å². The number of benzene rings is 1. The normalized spacial score (nSPS) is 10.3. The van der Waals surface area contributed by atoms with E-state index in [1.165, 1.54) is 23.9 Å². The molecule has 0 aliphatic rings. The van der Waals surface area contributed by atoms with Crippen LogP contribution in [0.3, 0.4) is 0 Å². The number of aromatic nitrogens is 1. The fraction of sp³-hybridized carbons (Fsp3) is 0. The van der Waals surface area contributed by atoms with E-state index < -0.39 is 5.97 Å². The van der Waals surface area contributed by atoms with Gasteiger partial charge in [0.15, 0.2) is 0 Å². The van der Waals surface area contributed by atoms with E-state index in [1.807, 2.05) is 24.3 Å². The molecule has 0 spiro atoms. The number of pyridine rings is 1. The Kier molecular flexibility index (Phi) is 4.27. The molecule has 0 amide bonds. The molecule has 0 saturated carbocycles. The first-order chi connectivity index (χ1) is 8.58. The zero-order valence-electron chi connectivity index (χ0n) is 8.93. The van der Waals surface area contributed by atoms with Crippen LogP contribution in [0.5, 0.6) is 0 Å². The van der Waals surface area contributed by atoms with Gasteiger partial charge in [-0.1, -0.05) is 35.5 Å². The van der Waals surface area contributed by atoms with Crippen LogP contribution in [0.15, 0.2) is 50.8 Å². The highest BCUT2D eigenvalue weighted by atomic mass is 79.9. The van der Waals surface area contributed by atoms with Gasteiger partial charge in [0.05, 0.1) is 5.56 Å². The van der Waals surface area contributed by atoms with Crippen molar-refractivity contribution in [2.45, 2.75) is 9.92 Å². The third-order valence-corrected chi connectivity index (χ3v) is 4.34. The summed E-state index contributed by atoms with van der Waals surface area (Å²) in [4.78, 5) is 16.0. The van der Waals surface area contributed by atoms with Crippen molar-refractivity contribution in [1.82, 2.24) is 4.98 Å². The number of halogens is 2. The van der Waals surface area contributed by atoms with Gasteiger partial charge in [-0.2, -0.15) is 0 Å². The van der Waals surface area contributed by atoms with Gasteiger partial charge in [0.25, 0.3) is 0 Å². The van der Waals surface area contributed by atoms with Crippen molar-refractivity contribution in [2.24, 2.45) is 0 Å². The van der Waals surface area contributed by atoms with Crippen LogP contribution in [0, 0.1) is 0 Å². The van der Waals surface area contributed by atoms with Crippen molar-refractivity contribution < 1.29 is 9.90 Å². The molecule has 6 heteroatoms. The highest BCUT2D eigenvalue weighted by molar-refractivity contribution is 9.10. The molecule has 0 atom stereocenters. The first kappa shape index (κ1) is 13.4. The molecular weight excluding hydrogens is 338 g/mol. The van der Waals surface area contributed by atoms with Gasteiger partial charge in [-0.15, -0.1) is 0 Å². The zero-order chi connectivity index (χ0) is 13.1. The number of hydrogen-bond acceptors (Lipinski definition) is 3. The van der Waals surface area contributed by atoms with Gasteiger partial charge >= 0.3 is 5.97 Å². The van der Waals surface area contributed by atoms with Gasteiger partial charge in [0, 0.05) is 9.37 Å². The molecule has 0 aliphatic heterocycles. The smallest absolute Gasteiger partial charge is 0.338 e. The molecule has 1 heterocycles. The second kappa shape index (κ2) is 5.73. The zero-order valence-corrected chi connectivity index (χ0v) is 12.1. The fourth-order valence-corrected chi connectivity index (χ4v) is 2.95. The minimum atomic E-state index is -1.02. The maximum atomic E-state index is 11.1. The van der Waals surface area contributed by atoms with Gasteiger partial charge in [-0.05, 0) is 40.2 Å². The van der Waals surface area contributed by atoms with Gasteiger partial charge in [0.1, 0.15) is 10.2 Å². The molecule has 18 heavy (non-hydrogen) atoms. The van der Waals surface area contributed by atoms with Crippen molar-refractivity contribution in [1.29, 1.82) is 0 Å². The first-order valence-corrected chi connectivity index (χ1v) is 6.89. The van der Waals surface area contributed by atoms with Gasteiger partial charge in [-0.25, -0.2) is 9.78 Å². The highest BCUT2D eigenvalue weighted by Gasteiger charge is 2.14. The molecule has 1 aromatic carbocycles.